The Morgan fingerprint density at radius 2 is 1.61 bits per heavy atom. The van der Waals surface area contributed by atoms with E-state index < -0.39 is 11.7 Å². The van der Waals surface area contributed by atoms with Crippen LogP contribution in [-0.2, 0) is 11.0 Å². The molecule has 6 nitrogen and oxygen atoms in total. The van der Waals surface area contributed by atoms with Crippen molar-refractivity contribution in [3.63, 3.8) is 0 Å². The summed E-state index contributed by atoms with van der Waals surface area (Å²) in [6, 6.07) is 12.0. The van der Waals surface area contributed by atoms with Crippen LogP contribution in [0.3, 0.4) is 0 Å². The third-order valence-corrected chi connectivity index (χ3v) is 7.19. The highest BCUT2D eigenvalue weighted by Gasteiger charge is 2.33. The number of nitrogens with one attached hydrogen (secondary N) is 2. The van der Waals surface area contributed by atoms with Crippen LogP contribution in [0.1, 0.15) is 37.7 Å². The number of hydrogen-bond donors (Lipinski definition) is 3. The number of nitrogens with zero attached hydrogens (tertiary/aromatic N) is 2. The zero-order valence-corrected chi connectivity index (χ0v) is 20.9. The number of nitrogens with two attached hydrogens (primary N) is 1. The number of hydrogen-bond acceptors (Lipinski definition) is 5. The fourth-order valence-corrected chi connectivity index (χ4v) is 5.05. The Hall–Kier alpha value is -2.65. The predicted molar refractivity (Wildman–Crippen MR) is 138 cm³/mol. The van der Waals surface area contributed by atoms with Crippen molar-refractivity contribution in [3.8, 4) is 0 Å². The van der Waals surface area contributed by atoms with Crippen molar-refractivity contribution in [1.29, 1.82) is 0 Å². The molecule has 2 saturated heterocycles. The van der Waals surface area contributed by atoms with E-state index in [1.807, 2.05) is 29.2 Å². The molecule has 2 aliphatic rings. The standard InChI is InChI=1S/C26H33ClF3N5O/c27-18-3-5-19(6-4-18)32-20-9-13-34(14-10-20)12-1-2-25(36)35-15-11-22(17-35)33-21-7-8-24(31)23(16-21)26(28,29)30/h3-8,16,20,22,32-33H,1-2,9-15,17,31H2/t22-/m0/s1. The number of carbonyl (C=O) groups is 1. The fraction of sp³-hybridized carbons (Fsp3) is 0.500. The van der Waals surface area contributed by atoms with Crippen molar-refractivity contribution in [3.05, 3.63) is 53.1 Å². The molecule has 4 rings (SSSR count). The number of likely N-dealkylation sites (tertiary alicyclic amines) is 2. The first-order valence-electron chi connectivity index (χ1n) is 12.4. The van der Waals surface area contributed by atoms with Gasteiger partial charge in [-0.25, -0.2) is 0 Å². The van der Waals surface area contributed by atoms with E-state index in [-0.39, 0.29) is 17.6 Å². The fourth-order valence-electron chi connectivity index (χ4n) is 4.93. The van der Waals surface area contributed by atoms with Crippen molar-refractivity contribution >= 4 is 34.6 Å². The summed E-state index contributed by atoms with van der Waals surface area (Å²) < 4.78 is 39.3. The second-order valence-corrected chi connectivity index (χ2v) is 10.1. The number of benzene rings is 2. The van der Waals surface area contributed by atoms with Crippen LogP contribution in [0, 0.1) is 0 Å². The smallest absolute Gasteiger partial charge is 0.398 e. The number of nitrogen functional groups attached to an aromatic ring is 1. The number of carbonyl (C=O) groups excluding carboxylic acids is 1. The number of halogens is 4. The number of amides is 1. The van der Waals surface area contributed by atoms with Gasteiger partial charge in [-0.3, -0.25) is 4.79 Å². The van der Waals surface area contributed by atoms with Gasteiger partial charge in [0.25, 0.3) is 0 Å². The topological polar surface area (TPSA) is 73.6 Å². The zero-order valence-electron chi connectivity index (χ0n) is 20.2. The number of piperidine rings is 1. The van der Waals surface area contributed by atoms with Crippen LogP contribution in [0.25, 0.3) is 0 Å². The lowest BCUT2D eigenvalue weighted by molar-refractivity contribution is -0.137. The monoisotopic (exact) mass is 523 g/mol. The van der Waals surface area contributed by atoms with Crippen molar-refractivity contribution in [2.75, 3.05) is 49.1 Å². The Morgan fingerprint density at radius 3 is 2.31 bits per heavy atom. The first-order valence-corrected chi connectivity index (χ1v) is 12.8. The minimum absolute atomic E-state index is 0.0779. The lowest BCUT2D eigenvalue weighted by atomic mass is 10.0. The molecule has 1 amide bonds. The number of alkyl halides is 3. The first kappa shape index (κ1) is 26.4. The molecule has 2 heterocycles. The van der Waals surface area contributed by atoms with Crippen LogP contribution in [0.5, 0.6) is 0 Å². The molecule has 0 spiro atoms. The van der Waals surface area contributed by atoms with Crippen LogP contribution in [-0.4, -0.2) is 60.5 Å². The van der Waals surface area contributed by atoms with Crippen molar-refractivity contribution in [2.24, 2.45) is 0 Å². The minimum atomic E-state index is -4.50. The molecule has 0 aliphatic carbocycles. The maximum atomic E-state index is 13.1. The summed E-state index contributed by atoms with van der Waals surface area (Å²) in [4.78, 5) is 16.9. The van der Waals surface area contributed by atoms with E-state index in [0.29, 0.717) is 37.7 Å². The van der Waals surface area contributed by atoms with Crippen molar-refractivity contribution < 1.29 is 18.0 Å². The van der Waals surface area contributed by atoms with Gasteiger partial charge in [0.2, 0.25) is 5.91 Å². The largest absolute Gasteiger partial charge is 0.418 e. The first-order chi connectivity index (χ1) is 17.2. The summed E-state index contributed by atoms with van der Waals surface area (Å²) in [5.41, 5.74) is 5.79. The SMILES string of the molecule is Nc1ccc(N[C@H]2CCN(C(=O)CCCN3CCC(Nc4ccc(Cl)cc4)CC3)C2)cc1C(F)(F)F. The third kappa shape index (κ3) is 7.20. The molecule has 196 valence electrons. The molecule has 2 aromatic rings. The highest BCUT2D eigenvalue weighted by atomic mass is 35.5. The highest BCUT2D eigenvalue weighted by molar-refractivity contribution is 6.30. The van der Waals surface area contributed by atoms with Gasteiger partial charge >= 0.3 is 6.18 Å². The van der Waals surface area contributed by atoms with Gasteiger partial charge in [0.15, 0.2) is 0 Å². The van der Waals surface area contributed by atoms with E-state index in [2.05, 4.69) is 15.5 Å². The van der Waals surface area contributed by atoms with Gasteiger partial charge in [0, 0.05) is 66.8 Å². The Bertz CT molecular complexity index is 1030. The van der Waals surface area contributed by atoms with Gasteiger partial charge in [-0.2, -0.15) is 13.2 Å². The zero-order chi connectivity index (χ0) is 25.7. The molecule has 1 atom stereocenters. The summed E-state index contributed by atoms with van der Waals surface area (Å²) >= 11 is 5.95. The van der Waals surface area contributed by atoms with E-state index in [4.69, 9.17) is 17.3 Å². The summed E-state index contributed by atoms with van der Waals surface area (Å²) in [5.74, 6) is 0.104. The Balaban J connectivity index is 1.14. The summed E-state index contributed by atoms with van der Waals surface area (Å²) in [6.45, 7) is 3.99. The lowest BCUT2D eigenvalue weighted by Crippen LogP contribution is -2.40. The van der Waals surface area contributed by atoms with Gasteiger partial charge in [-0.05, 0) is 74.7 Å². The maximum Gasteiger partial charge on any atom is 0.418 e. The second-order valence-electron chi connectivity index (χ2n) is 9.64. The second kappa shape index (κ2) is 11.6. The molecule has 4 N–H and O–H groups in total. The quantitative estimate of drug-likeness (QED) is 0.409. The molecule has 0 saturated carbocycles. The van der Waals surface area contributed by atoms with Crippen molar-refractivity contribution in [1.82, 2.24) is 9.80 Å². The minimum Gasteiger partial charge on any atom is -0.398 e. The van der Waals surface area contributed by atoms with Crippen LogP contribution in [0.15, 0.2) is 42.5 Å². The Kier molecular flexibility index (Phi) is 8.51. The molecule has 10 heteroatoms. The van der Waals surface area contributed by atoms with Gasteiger partial charge in [-0.15, -0.1) is 0 Å². The molecular formula is C26H33ClF3N5O. The molecule has 2 aliphatic heterocycles. The maximum absolute atomic E-state index is 13.1. The molecule has 0 aromatic heterocycles. The number of anilines is 3. The Morgan fingerprint density at radius 1 is 0.972 bits per heavy atom. The predicted octanol–water partition coefficient (Wildman–Crippen LogP) is 5.31. The number of rotatable bonds is 8. The van der Waals surface area contributed by atoms with E-state index in [0.717, 1.165) is 55.7 Å². The van der Waals surface area contributed by atoms with Crippen molar-refractivity contribution in [2.45, 2.75) is 50.4 Å². The molecule has 0 unspecified atom stereocenters. The van der Waals surface area contributed by atoms with Gasteiger partial charge in [0.1, 0.15) is 0 Å². The van der Waals surface area contributed by atoms with Gasteiger partial charge in [-0.1, -0.05) is 11.6 Å². The van der Waals surface area contributed by atoms with Gasteiger partial charge < -0.3 is 26.2 Å². The van der Waals surface area contributed by atoms with E-state index in [1.54, 1.807) is 6.07 Å². The summed E-state index contributed by atoms with van der Waals surface area (Å²) in [5, 5.41) is 7.42. The van der Waals surface area contributed by atoms with E-state index in [1.165, 1.54) is 6.07 Å². The van der Waals surface area contributed by atoms with E-state index >= 15 is 0 Å². The molecular weight excluding hydrogens is 491 g/mol. The molecule has 0 bridgehead atoms. The third-order valence-electron chi connectivity index (χ3n) is 6.94. The average Bonchev–Trinajstić information content (AvgIpc) is 3.31. The normalized spacial score (nSPS) is 19.4. The summed E-state index contributed by atoms with van der Waals surface area (Å²) in [6.07, 6.45) is -0.409. The molecule has 2 fully saturated rings. The van der Waals surface area contributed by atoms with Gasteiger partial charge in [0.05, 0.1) is 5.56 Å². The Labute approximate surface area is 215 Å². The van der Waals surface area contributed by atoms with Crippen LogP contribution < -0.4 is 16.4 Å². The molecule has 36 heavy (non-hydrogen) atoms. The van der Waals surface area contributed by atoms with Crippen LogP contribution in [0.2, 0.25) is 5.02 Å². The highest BCUT2D eigenvalue weighted by Crippen LogP contribution is 2.35. The van der Waals surface area contributed by atoms with Crippen LogP contribution >= 0.6 is 11.6 Å². The van der Waals surface area contributed by atoms with Crippen LogP contribution in [0.4, 0.5) is 30.2 Å². The average molecular weight is 524 g/mol. The molecule has 2 aromatic carbocycles. The summed E-state index contributed by atoms with van der Waals surface area (Å²) in [7, 11) is 0. The molecule has 0 radical (unpaired) electrons. The lowest BCUT2D eigenvalue weighted by Gasteiger charge is -2.33. The van der Waals surface area contributed by atoms with E-state index in [9.17, 15) is 18.0 Å².